The molecule has 2 aliphatic rings. The van der Waals surface area contributed by atoms with Gasteiger partial charge in [-0.05, 0) is 62.6 Å². The number of carbonyl (C=O) groups is 2. The summed E-state index contributed by atoms with van der Waals surface area (Å²) in [4.78, 5) is 27.8. The van der Waals surface area contributed by atoms with Crippen molar-refractivity contribution in [1.82, 2.24) is 9.47 Å². The van der Waals surface area contributed by atoms with Gasteiger partial charge in [0.05, 0.1) is 5.69 Å². The fourth-order valence-electron chi connectivity index (χ4n) is 4.71. The maximum absolute atomic E-state index is 13.1. The van der Waals surface area contributed by atoms with E-state index in [2.05, 4.69) is 28.2 Å². The highest BCUT2D eigenvalue weighted by Crippen LogP contribution is 2.36. The van der Waals surface area contributed by atoms with Crippen LogP contribution in [0.4, 0.5) is 5.69 Å². The van der Waals surface area contributed by atoms with Crippen molar-refractivity contribution < 1.29 is 9.59 Å². The number of benzene rings is 2. The second-order valence-corrected chi connectivity index (χ2v) is 9.86. The van der Waals surface area contributed by atoms with Crippen molar-refractivity contribution in [1.29, 1.82) is 0 Å². The smallest absolute Gasteiger partial charge is 0.256 e. The average molecular weight is 513 g/mol. The highest BCUT2D eigenvalue weighted by molar-refractivity contribution is 9.10. The number of nitrogens with one attached hydrogen (secondary N) is 1. The van der Waals surface area contributed by atoms with Gasteiger partial charge in [0.1, 0.15) is 6.54 Å². The Balaban J connectivity index is 1.55. The minimum Gasteiger partial charge on any atom is -0.338 e. The van der Waals surface area contributed by atoms with E-state index in [-0.39, 0.29) is 24.4 Å². The van der Waals surface area contributed by atoms with Crippen LogP contribution in [0.5, 0.6) is 0 Å². The Kier molecular flexibility index (Phi) is 5.59. The second-order valence-electron chi connectivity index (χ2n) is 8.51. The first-order chi connectivity index (χ1) is 15.4. The van der Waals surface area contributed by atoms with Gasteiger partial charge in [-0.2, -0.15) is 0 Å². The predicted molar refractivity (Wildman–Crippen MR) is 133 cm³/mol. The van der Waals surface area contributed by atoms with Gasteiger partial charge >= 0.3 is 0 Å². The molecule has 164 valence electrons. The van der Waals surface area contributed by atoms with Gasteiger partial charge in [0.25, 0.3) is 5.91 Å². The Morgan fingerprint density at radius 1 is 1.25 bits per heavy atom. The van der Waals surface area contributed by atoms with Crippen molar-refractivity contribution in [3.63, 3.8) is 0 Å². The number of hydrogen-bond donors (Lipinski definition) is 1. The summed E-state index contributed by atoms with van der Waals surface area (Å²) in [5, 5.41) is 4.45. The van der Waals surface area contributed by atoms with E-state index in [1.165, 1.54) is 6.42 Å². The van der Waals surface area contributed by atoms with Crippen LogP contribution >= 0.6 is 27.5 Å². The third-order valence-electron chi connectivity index (χ3n) is 6.37. The third kappa shape index (κ3) is 3.86. The van der Waals surface area contributed by atoms with Crippen LogP contribution in [0.1, 0.15) is 37.3 Å². The first kappa shape index (κ1) is 21.3. The summed E-state index contributed by atoms with van der Waals surface area (Å²) in [6, 6.07) is 11.7. The zero-order valence-electron chi connectivity index (χ0n) is 17.7. The summed E-state index contributed by atoms with van der Waals surface area (Å²) in [6.45, 7) is 3.23. The highest BCUT2D eigenvalue weighted by Gasteiger charge is 2.26. The molecule has 0 saturated carbocycles. The number of fused-ring (bicyclic) bond motifs is 2. The summed E-state index contributed by atoms with van der Waals surface area (Å²) < 4.78 is 2.94. The van der Waals surface area contributed by atoms with Gasteiger partial charge in [-0.1, -0.05) is 33.6 Å². The van der Waals surface area contributed by atoms with Gasteiger partial charge in [0.15, 0.2) is 0 Å². The Labute approximate surface area is 200 Å². The topological polar surface area (TPSA) is 54.3 Å². The Bertz CT molecular complexity index is 1280. The number of rotatable bonds is 3. The molecule has 1 atom stereocenters. The zero-order valence-corrected chi connectivity index (χ0v) is 20.0. The number of halogens is 2. The standard InChI is InChI=1S/C25H23BrClN3O2/c1-15-4-2-3-9-30(15)24(31)14-29-13-16(20-11-17(26)5-8-23(20)29)10-21-19-7-6-18(27)12-22(19)28-25(21)32/h5-8,10-13,15H,2-4,9,14H2,1H3,(H,28,32)/b21-10+. The highest BCUT2D eigenvalue weighted by atomic mass is 79.9. The van der Waals surface area contributed by atoms with Crippen LogP contribution in [-0.4, -0.2) is 33.9 Å². The molecule has 3 heterocycles. The lowest BCUT2D eigenvalue weighted by molar-refractivity contribution is -0.135. The molecule has 1 fully saturated rings. The Hall–Kier alpha value is -2.57. The van der Waals surface area contributed by atoms with Crippen LogP contribution in [-0.2, 0) is 16.1 Å². The van der Waals surface area contributed by atoms with E-state index in [1.807, 2.05) is 46.0 Å². The maximum Gasteiger partial charge on any atom is 0.256 e. The monoisotopic (exact) mass is 511 g/mol. The van der Waals surface area contributed by atoms with Crippen molar-refractivity contribution in [3.05, 3.63) is 63.2 Å². The lowest BCUT2D eigenvalue weighted by Crippen LogP contribution is -2.43. The number of piperidine rings is 1. The molecule has 0 spiro atoms. The molecule has 1 saturated heterocycles. The van der Waals surface area contributed by atoms with Gasteiger partial charge in [-0.15, -0.1) is 0 Å². The second kappa shape index (κ2) is 8.41. The minimum atomic E-state index is -0.156. The Morgan fingerprint density at radius 3 is 2.91 bits per heavy atom. The SMILES string of the molecule is CC1CCCCN1C(=O)Cn1cc(/C=C2/C(=O)Nc3cc(Cl)ccc32)c2cc(Br)ccc21. The van der Waals surface area contributed by atoms with Crippen molar-refractivity contribution >= 4 is 67.6 Å². The number of amides is 2. The fourth-order valence-corrected chi connectivity index (χ4v) is 5.25. The van der Waals surface area contributed by atoms with E-state index >= 15 is 0 Å². The number of aromatic nitrogens is 1. The summed E-state index contributed by atoms with van der Waals surface area (Å²) in [5.74, 6) is -0.0220. The lowest BCUT2D eigenvalue weighted by atomic mass is 10.0. The summed E-state index contributed by atoms with van der Waals surface area (Å²) in [5.41, 5.74) is 4.00. The first-order valence-electron chi connectivity index (χ1n) is 10.8. The molecular formula is C25H23BrClN3O2. The van der Waals surface area contributed by atoms with Crippen LogP contribution in [0.2, 0.25) is 5.02 Å². The summed E-state index contributed by atoms with van der Waals surface area (Å²) in [6.07, 6.45) is 7.16. The van der Waals surface area contributed by atoms with E-state index in [4.69, 9.17) is 11.6 Å². The molecule has 7 heteroatoms. The van der Waals surface area contributed by atoms with Crippen LogP contribution in [0.15, 0.2) is 47.1 Å². The molecule has 2 amide bonds. The van der Waals surface area contributed by atoms with E-state index in [0.29, 0.717) is 16.3 Å². The normalized spacial score (nSPS) is 19.5. The molecule has 5 rings (SSSR count). The van der Waals surface area contributed by atoms with Crippen LogP contribution < -0.4 is 5.32 Å². The number of carbonyl (C=O) groups excluding carboxylic acids is 2. The number of hydrogen-bond acceptors (Lipinski definition) is 2. The van der Waals surface area contributed by atoms with Gasteiger partial charge in [0.2, 0.25) is 5.91 Å². The third-order valence-corrected chi connectivity index (χ3v) is 7.10. The van der Waals surface area contributed by atoms with Gasteiger partial charge in [-0.25, -0.2) is 0 Å². The van der Waals surface area contributed by atoms with Crippen molar-refractivity contribution in [2.45, 2.75) is 38.8 Å². The molecule has 0 aliphatic carbocycles. The molecule has 2 aliphatic heterocycles. The Morgan fingerprint density at radius 2 is 2.09 bits per heavy atom. The fraction of sp³-hybridized carbons (Fsp3) is 0.280. The minimum absolute atomic E-state index is 0.134. The quantitative estimate of drug-likeness (QED) is 0.441. The van der Waals surface area contributed by atoms with Crippen LogP contribution in [0.25, 0.3) is 22.6 Å². The molecule has 1 unspecified atom stereocenters. The molecule has 1 N–H and O–H groups in total. The van der Waals surface area contributed by atoms with Crippen molar-refractivity contribution in [2.75, 3.05) is 11.9 Å². The van der Waals surface area contributed by atoms with Crippen molar-refractivity contribution in [2.24, 2.45) is 0 Å². The van der Waals surface area contributed by atoms with Crippen LogP contribution in [0.3, 0.4) is 0 Å². The molecule has 1 aromatic heterocycles. The molecule has 32 heavy (non-hydrogen) atoms. The number of anilines is 1. The molecule has 2 aromatic carbocycles. The molecule has 3 aromatic rings. The van der Waals surface area contributed by atoms with E-state index in [9.17, 15) is 9.59 Å². The van der Waals surface area contributed by atoms with E-state index < -0.39 is 0 Å². The zero-order chi connectivity index (χ0) is 22.4. The number of likely N-dealkylation sites (tertiary alicyclic amines) is 1. The molecular weight excluding hydrogens is 490 g/mol. The number of nitrogens with zero attached hydrogens (tertiary/aromatic N) is 2. The summed E-state index contributed by atoms with van der Waals surface area (Å²) in [7, 11) is 0. The largest absolute Gasteiger partial charge is 0.338 e. The first-order valence-corrected chi connectivity index (χ1v) is 12.0. The molecule has 0 radical (unpaired) electrons. The molecule has 0 bridgehead atoms. The maximum atomic E-state index is 13.1. The average Bonchev–Trinajstić information content (AvgIpc) is 3.24. The van der Waals surface area contributed by atoms with Gasteiger partial charge in [0, 0.05) is 55.9 Å². The van der Waals surface area contributed by atoms with Gasteiger partial charge in [-0.3, -0.25) is 9.59 Å². The van der Waals surface area contributed by atoms with E-state index in [1.54, 1.807) is 12.1 Å². The lowest BCUT2D eigenvalue weighted by Gasteiger charge is -2.33. The summed E-state index contributed by atoms with van der Waals surface area (Å²) >= 11 is 9.64. The molecule has 5 nitrogen and oxygen atoms in total. The van der Waals surface area contributed by atoms with Crippen molar-refractivity contribution in [3.8, 4) is 0 Å². The predicted octanol–water partition coefficient (Wildman–Crippen LogP) is 5.95. The van der Waals surface area contributed by atoms with Gasteiger partial charge < -0.3 is 14.8 Å². The van der Waals surface area contributed by atoms with Crippen LogP contribution in [0, 0.1) is 0 Å². The van der Waals surface area contributed by atoms with E-state index in [0.717, 1.165) is 45.9 Å².